The predicted octanol–water partition coefficient (Wildman–Crippen LogP) is 2.35. The molecule has 1 saturated heterocycles. The van der Waals surface area contributed by atoms with Crippen LogP contribution >= 0.6 is 0 Å². The van der Waals surface area contributed by atoms with E-state index in [1.165, 1.54) is 18.6 Å². The van der Waals surface area contributed by atoms with Crippen molar-refractivity contribution >= 4 is 5.91 Å². The fourth-order valence-corrected chi connectivity index (χ4v) is 2.74. The van der Waals surface area contributed by atoms with Gasteiger partial charge in [0, 0.05) is 24.7 Å². The van der Waals surface area contributed by atoms with Gasteiger partial charge in [0.05, 0.1) is 0 Å². The molecule has 1 fully saturated rings. The van der Waals surface area contributed by atoms with E-state index in [0.717, 1.165) is 25.9 Å². The van der Waals surface area contributed by atoms with Gasteiger partial charge in [0.25, 0.3) is 5.91 Å². The summed E-state index contributed by atoms with van der Waals surface area (Å²) in [7, 11) is 1.90. The highest BCUT2D eigenvalue weighted by molar-refractivity contribution is 5.95. The molecule has 0 saturated carbocycles. The molecule has 1 heterocycles. The summed E-state index contributed by atoms with van der Waals surface area (Å²) >= 11 is 0. The number of rotatable bonds is 3. The minimum absolute atomic E-state index is 0.0254. The normalized spacial score (nSPS) is 19.5. The Kier molecular flexibility index (Phi) is 4.53. The summed E-state index contributed by atoms with van der Waals surface area (Å²) in [6.45, 7) is 3.39. The van der Waals surface area contributed by atoms with Crippen LogP contribution in [-0.2, 0) is 0 Å². The number of likely N-dealkylation sites (tertiary alicyclic amines) is 1. The number of carbonyl (C=O) groups excluding carboxylic acids is 1. The second-order valence-electron chi connectivity index (χ2n) is 5.17. The molecule has 2 rings (SSSR count). The van der Waals surface area contributed by atoms with E-state index in [1.807, 2.05) is 11.9 Å². The van der Waals surface area contributed by atoms with Crippen molar-refractivity contribution < 1.29 is 9.18 Å². The number of amides is 1. The van der Waals surface area contributed by atoms with Crippen molar-refractivity contribution in [3.05, 3.63) is 35.1 Å². The van der Waals surface area contributed by atoms with Crippen molar-refractivity contribution in [2.45, 2.75) is 32.2 Å². The first-order chi connectivity index (χ1) is 9.13. The molecule has 1 aliphatic heterocycles. The van der Waals surface area contributed by atoms with Crippen molar-refractivity contribution in [2.75, 3.05) is 20.1 Å². The second-order valence-corrected chi connectivity index (χ2v) is 5.17. The van der Waals surface area contributed by atoms with Gasteiger partial charge in [-0.3, -0.25) is 4.79 Å². The molecule has 1 amide bonds. The molecule has 4 heteroatoms. The molecule has 1 aliphatic rings. The lowest BCUT2D eigenvalue weighted by atomic mass is 9.99. The number of hydrogen-bond donors (Lipinski definition) is 1. The third-order valence-electron chi connectivity index (χ3n) is 3.75. The van der Waals surface area contributed by atoms with Crippen molar-refractivity contribution in [3.63, 3.8) is 0 Å². The van der Waals surface area contributed by atoms with Crippen LogP contribution in [0.15, 0.2) is 18.2 Å². The third-order valence-corrected chi connectivity index (χ3v) is 3.75. The number of halogens is 1. The van der Waals surface area contributed by atoms with Crippen LogP contribution in [0, 0.1) is 12.7 Å². The molecule has 19 heavy (non-hydrogen) atoms. The summed E-state index contributed by atoms with van der Waals surface area (Å²) in [6, 6.07) is 4.62. The van der Waals surface area contributed by atoms with Gasteiger partial charge in [-0.15, -0.1) is 0 Å². The Morgan fingerprint density at radius 1 is 1.47 bits per heavy atom. The lowest BCUT2D eigenvalue weighted by Gasteiger charge is -2.36. The highest BCUT2D eigenvalue weighted by Crippen LogP contribution is 2.21. The van der Waals surface area contributed by atoms with Gasteiger partial charge in [0.2, 0.25) is 0 Å². The van der Waals surface area contributed by atoms with Crippen LogP contribution in [0.4, 0.5) is 4.39 Å². The number of piperidine rings is 1. The minimum atomic E-state index is -0.292. The van der Waals surface area contributed by atoms with Gasteiger partial charge in [-0.25, -0.2) is 4.39 Å². The first kappa shape index (κ1) is 14.0. The fraction of sp³-hybridized carbons (Fsp3) is 0.533. The van der Waals surface area contributed by atoms with E-state index in [2.05, 4.69) is 5.32 Å². The summed E-state index contributed by atoms with van der Waals surface area (Å²) in [4.78, 5) is 14.5. The maximum Gasteiger partial charge on any atom is 0.254 e. The number of nitrogens with zero attached hydrogens (tertiary/aromatic N) is 1. The first-order valence-electron chi connectivity index (χ1n) is 6.85. The maximum atomic E-state index is 13.1. The SMILES string of the molecule is CNCC1CCCCN1C(=O)c1ccc(F)cc1C. The smallest absolute Gasteiger partial charge is 0.254 e. The second kappa shape index (κ2) is 6.15. The molecule has 104 valence electrons. The molecule has 1 aromatic rings. The summed E-state index contributed by atoms with van der Waals surface area (Å²) in [5, 5.41) is 3.14. The van der Waals surface area contributed by atoms with Gasteiger partial charge in [-0.1, -0.05) is 0 Å². The molecule has 1 aromatic carbocycles. The summed E-state index contributed by atoms with van der Waals surface area (Å²) < 4.78 is 13.1. The van der Waals surface area contributed by atoms with E-state index in [9.17, 15) is 9.18 Å². The number of aryl methyl sites for hydroxylation is 1. The van der Waals surface area contributed by atoms with Crippen molar-refractivity contribution in [2.24, 2.45) is 0 Å². The zero-order chi connectivity index (χ0) is 13.8. The Labute approximate surface area is 113 Å². The molecule has 0 spiro atoms. The highest BCUT2D eigenvalue weighted by Gasteiger charge is 2.27. The molecule has 3 nitrogen and oxygen atoms in total. The van der Waals surface area contributed by atoms with Crippen LogP contribution < -0.4 is 5.32 Å². The van der Waals surface area contributed by atoms with Gasteiger partial charge < -0.3 is 10.2 Å². The molecular weight excluding hydrogens is 243 g/mol. The van der Waals surface area contributed by atoms with Crippen molar-refractivity contribution in [1.82, 2.24) is 10.2 Å². The molecule has 1 unspecified atom stereocenters. The van der Waals surface area contributed by atoms with Crippen LogP contribution in [0.3, 0.4) is 0 Å². The molecule has 1 atom stereocenters. The lowest BCUT2D eigenvalue weighted by Crippen LogP contribution is -2.48. The Bertz CT molecular complexity index is 459. The average Bonchev–Trinajstić information content (AvgIpc) is 2.39. The van der Waals surface area contributed by atoms with Crippen LogP contribution in [0.5, 0.6) is 0 Å². The predicted molar refractivity (Wildman–Crippen MR) is 73.7 cm³/mol. The number of benzene rings is 1. The van der Waals surface area contributed by atoms with E-state index in [0.29, 0.717) is 11.1 Å². The highest BCUT2D eigenvalue weighted by atomic mass is 19.1. The Hall–Kier alpha value is -1.42. The van der Waals surface area contributed by atoms with E-state index in [1.54, 1.807) is 13.0 Å². The Morgan fingerprint density at radius 3 is 2.95 bits per heavy atom. The summed E-state index contributed by atoms with van der Waals surface area (Å²) in [6.07, 6.45) is 3.25. The van der Waals surface area contributed by atoms with Gasteiger partial charge in [0.15, 0.2) is 0 Å². The monoisotopic (exact) mass is 264 g/mol. The molecule has 0 aliphatic carbocycles. The van der Waals surface area contributed by atoms with Crippen LogP contribution in [0.2, 0.25) is 0 Å². The van der Waals surface area contributed by atoms with Gasteiger partial charge in [-0.05, 0) is 57.0 Å². The van der Waals surface area contributed by atoms with Crippen molar-refractivity contribution in [3.8, 4) is 0 Å². The topological polar surface area (TPSA) is 32.3 Å². The first-order valence-corrected chi connectivity index (χ1v) is 6.85. The Morgan fingerprint density at radius 2 is 2.26 bits per heavy atom. The lowest BCUT2D eigenvalue weighted by molar-refractivity contribution is 0.0614. The zero-order valence-corrected chi connectivity index (χ0v) is 11.6. The molecule has 0 radical (unpaired) electrons. The maximum absolute atomic E-state index is 13.1. The van der Waals surface area contributed by atoms with Gasteiger partial charge >= 0.3 is 0 Å². The van der Waals surface area contributed by atoms with E-state index < -0.39 is 0 Å². The molecule has 0 aromatic heterocycles. The zero-order valence-electron chi connectivity index (χ0n) is 11.6. The number of hydrogen-bond acceptors (Lipinski definition) is 2. The van der Waals surface area contributed by atoms with Crippen molar-refractivity contribution in [1.29, 1.82) is 0 Å². The van der Waals surface area contributed by atoms with E-state index >= 15 is 0 Å². The van der Waals surface area contributed by atoms with Crippen LogP contribution in [-0.4, -0.2) is 37.0 Å². The fourth-order valence-electron chi connectivity index (χ4n) is 2.74. The summed E-state index contributed by atoms with van der Waals surface area (Å²) in [5.41, 5.74) is 1.32. The average molecular weight is 264 g/mol. The third kappa shape index (κ3) is 3.13. The standard InChI is InChI=1S/C15H21FN2O/c1-11-9-12(16)6-7-14(11)15(19)18-8-4-3-5-13(18)10-17-2/h6-7,9,13,17H,3-5,8,10H2,1-2H3. The number of carbonyl (C=O) groups is 1. The van der Waals surface area contributed by atoms with Crippen LogP contribution in [0.25, 0.3) is 0 Å². The molecule has 1 N–H and O–H groups in total. The minimum Gasteiger partial charge on any atom is -0.334 e. The number of likely N-dealkylation sites (N-methyl/N-ethyl adjacent to an activating group) is 1. The van der Waals surface area contributed by atoms with Gasteiger partial charge in [0.1, 0.15) is 5.82 Å². The van der Waals surface area contributed by atoms with Crippen LogP contribution in [0.1, 0.15) is 35.2 Å². The largest absolute Gasteiger partial charge is 0.334 e. The number of nitrogens with one attached hydrogen (secondary N) is 1. The van der Waals surface area contributed by atoms with E-state index in [4.69, 9.17) is 0 Å². The van der Waals surface area contributed by atoms with E-state index in [-0.39, 0.29) is 17.8 Å². The quantitative estimate of drug-likeness (QED) is 0.909. The molecular formula is C15H21FN2O. The van der Waals surface area contributed by atoms with Gasteiger partial charge in [-0.2, -0.15) is 0 Å². The Balaban J connectivity index is 2.21. The summed E-state index contributed by atoms with van der Waals surface area (Å²) in [5.74, 6) is -0.267. The molecule has 0 bridgehead atoms.